The van der Waals surface area contributed by atoms with Crippen LogP contribution in [0.15, 0.2) is 48.5 Å². The van der Waals surface area contributed by atoms with Crippen LogP contribution in [-0.4, -0.2) is 24.9 Å². The van der Waals surface area contributed by atoms with Crippen LogP contribution in [0.4, 0.5) is 0 Å². The van der Waals surface area contributed by atoms with Crippen molar-refractivity contribution < 1.29 is 0 Å². The molecule has 6 unspecified atom stereocenters. The molecule has 3 fully saturated rings. The van der Waals surface area contributed by atoms with Crippen LogP contribution in [0.25, 0.3) is 0 Å². The van der Waals surface area contributed by atoms with Crippen LogP contribution in [-0.2, 0) is 0 Å². The molecule has 0 N–H and O–H groups in total. The fourth-order valence-corrected chi connectivity index (χ4v) is 16.2. The molecule has 35 heavy (non-hydrogen) atoms. The molecule has 0 heterocycles. The fraction of sp³-hybridized carbons (Fsp3) is 0.636. The van der Waals surface area contributed by atoms with Crippen molar-refractivity contribution in [2.45, 2.75) is 98.1 Å². The van der Waals surface area contributed by atoms with E-state index in [2.05, 4.69) is 102 Å². The smallest absolute Gasteiger partial charge is 0.196 e. The second kappa shape index (κ2) is 9.49. The largest absolute Gasteiger partial charge is 0.312 e. The van der Waals surface area contributed by atoms with Gasteiger partial charge < -0.3 is 4.57 Å². The van der Waals surface area contributed by atoms with Gasteiger partial charge >= 0.3 is 0 Å². The monoisotopic (exact) mass is 487 g/mol. The number of hydrogen-bond acceptors (Lipinski definition) is 1. The molecule has 6 atom stereocenters. The van der Waals surface area contributed by atoms with E-state index >= 15 is 0 Å². The molecule has 3 aliphatic rings. The van der Waals surface area contributed by atoms with Crippen molar-refractivity contribution in [2.75, 3.05) is 6.54 Å². The summed E-state index contributed by atoms with van der Waals surface area (Å²) in [4.78, 5) is 0. The fourth-order valence-electron chi connectivity index (χ4n) is 9.23. The maximum Gasteiger partial charge on any atom is 0.196 e. The first-order valence-electron chi connectivity index (χ1n) is 14.6. The van der Waals surface area contributed by atoms with Gasteiger partial charge in [-0.25, -0.2) is 0 Å². The lowest BCUT2D eigenvalue weighted by Crippen LogP contribution is -2.77. The van der Waals surface area contributed by atoms with Crippen molar-refractivity contribution in [1.29, 1.82) is 0 Å². The van der Waals surface area contributed by atoms with Crippen LogP contribution >= 0.6 is 0 Å². The highest BCUT2D eigenvalue weighted by Crippen LogP contribution is 2.61. The average Bonchev–Trinajstić information content (AvgIpc) is 3.39. The Hall–Kier alpha value is -1.38. The maximum absolute atomic E-state index is 3.03. The molecule has 0 amide bonds. The lowest BCUT2D eigenvalue weighted by molar-refractivity contribution is 0.151. The van der Waals surface area contributed by atoms with Crippen LogP contribution < -0.4 is 10.4 Å². The third kappa shape index (κ3) is 4.27. The lowest BCUT2D eigenvalue weighted by atomic mass is 9.71. The Morgan fingerprint density at radius 3 is 1.77 bits per heavy atom. The Kier molecular flexibility index (Phi) is 6.85. The van der Waals surface area contributed by atoms with E-state index in [0.717, 1.165) is 41.7 Å². The van der Waals surface area contributed by atoms with Gasteiger partial charge in [0.1, 0.15) is 0 Å². The van der Waals surface area contributed by atoms with Crippen LogP contribution in [0.3, 0.4) is 0 Å². The third-order valence-corrected chi connectivity index (χ3v) is 16.6. The first kappa shape index (κ1) is 25.3. The first-order chi connectivity index (χ1) is 16.7. The molecule has 0 aromatic heterocycles. The summed E-state index contributed by atoms with van der Waals surface area (Å²) in [6, 6.07) is 19.7. The van der Waals surface area contributed by atoms with Crippen molar-refractivity contribution in [1.82, 2.24) is 4.57 Å². The van der Waals surface area contributed by atoms with Gasteiger partial charge in [-0.3, -0.25) is 0 Å². The van der Waals surface area contributed by atoms with E-state index in [9.17, 15) is 0 Å². The van der Waals surface area contributed by atoms with Crippen molar-refractivity contribution in [3.05, 3.63) is 59.7 Å². The number of hydrogen-bond donors (Lipinski definition) is 0. The zero-order valence-electron chi connectivity index (χ0n) is 23.5. The molecular formula is C33H49NSi. The number of aryl methyl sites for hydroxylation is 2. The summed E-state index contributed by atoms with van der Waals surface area (Å²) in [5.74, 6) is 4.64. The molecule has 3 aliphatic carbocycles. The van der Waals surface area contributed by atoms with Gasteiger partial charge in [-0.05, 0) is 106 Å². The summed E-state index contributed by atoms with van der Waals surface area (Å²) in [6.07, 6.45) is 8.95. The predicted molar refractivity (Wildman–Crippen MR) is 154 cm³/mol. The summed E-state index contributed by atoms with van der Waals surface area (Å²) in [5.41, 5.74) is 3.66. The van der Waals surface area contributed by atoms with Gasteiger partial charge in [-0.1, -0.05) is 92.8 Å². The molecule has 2 aromatic carbocycles. The molecule has 2 aromatic rings. The van der Waals surface area contributed by atoms with E-state index in [1.165, 1.54) is 49.7 Å². The van der Waals surface area contributed by atoms with Crippen LogP contribution in [0, 0.1) is 43.4 Å². The molecule has 0 bridgehead atoms. The van der Waals surface area contributed by atoms with Gasteiger partial charge in [0.2, 0.25) is 0 Å². The minimum Gasteiger partial charge on any atom is -0.312 e. The average molecular weight is 488 g/mol. The van der Waals surface area contributed by atoms with E-state index < -0.39 is 8.24 Å². The Morgan fingerprint density at radius 1 is 0.771 bits per heavy atom. The molecule has 3 saturated carbocycles. The molecule has 2 heteroatoms. The molecule has 0 radical (unpaired) electrons. The quantitative estimate of drug-likeness (QED) is 0.399. The Morgan fingerprint density at radius 2 is 1.29 bits per heavy atom. The number of benzene rings is 2. The first-order valence-corrected chi connectivity index (χ1v) is 16.6. The van der Waals surface area contributed by atoms with Gasteiger partial charge in [0.15, 0.2) is 8.24 Å². The Balaban J connectivity index is 1.76. The molecule has 190 valence electrons. The predicted octanol–water partition coefficient (Wildman–Crippen LogP) is 7.34. The highest BCUT2D eigenvalue weighted by molar-refractivity contribution is 7.01. The summed E-state index contributed by atoms with van der Waals surface area (Å²) >= 11 is 0. The van der Waals surface area contributed by atoms with E-state index in [1.54, 1.807) is 10.4 Å². The number of nitrogens with zero attached hydrogens (tertiary/aromatic N) is 1. The summed E-state index contributed by atoms with van der Waals surface area (Å²) in [6.45, 7) is 18.1. The topological polar surface area (TPSA) is 3.24 Å². The van der Waals surface area contributed by atoms with Gasteiger partial charge in [-0.15, -0.1) is 0 Å². The zero-order chi connectivity index (χ0) is 25.0. The minimum absolute atomic E-state index is 0.124. The normalized spacial score (nSPS) is 31.0. The lowest BCUT2D eigenvalue weighted by Gasteiger charge is -2.56. The summed E-state index contributed by atoms with van der Waals surface area (Å²) < 4.78 is 3.03. The Labute approximate surface area is 216 Å². The third-order valence-electron chi connectivity index (χ3n) is 10.4. The maximum atomic E-state index is 3.03. The molecule has 5 rings (SSSR count). The van der Waals surface area contributed by atoms with Gasteiger partial charge in [0, 0.05) is 5.54 Å². The summed E-state index contributed by atoms with van der Waals surface area (Å²) in [5, 5.41) is 3.30. The molecule has 0 saturated heterocycles. The van der Waals surface area contributed by atoms with E-state index in [4.69, 9.17) is 0 Å². The molecule has 0 aliphatic heterocycles. The number of fused-ring (bicyclic) bond motifs is 2. The van der Waals surface area contributed by atoms with Crippen molar-refractivity contribution in [2.24, 2.45) is 29.6 Å². The van der Waals surface area contributed by atoms with Crippen molar-refractivity contribution >= 4 is 18.6 Å². The van der Waals surface area contributed by atoms with Crippen LogP contribution in [0.5, 0.6) is 0 Å². The highest BCUT2D eigenvalue weighted by atomic mass is 28.3. The zero-order valence-corrected chi connectivity index (χ0v) is 24.5. The molecule has 1 nitrogen and oxygen atoms in total. The highest BCUT2D eigenvalue weighted by Gasteiger charge is 2.61. The SMILES string of the molecule is CCN(C(C)(C)C)[Si](c1ccc(C)cc1)(c1ccc(C)cc1)C1C(C)CC2CC3CCCC3CC21. The van der Waals surface area contributed by atoms with Crippen molar-refractivity contribution in [3.8, 4) is 0 Å². The molecular weight excluding hydrogens is 438 g/mol. The minimum atomic E-state index is -2.31. The van der Waals surface area contributed by atoms with Crippen LogP contribution in [0.1, 0.15) is 84.3 Å². The number of rotatable bonds is 5. The standard InChI is InChI=1S/C33H49NSi/c1-8-34(33(5,6)7)35(29-16-12-23(2)13-17-29,30-18-14-24(3)15-19-30)32-25(4)20-28-21-26-10-9-11-27(26)22-31(28)32/h12-19,25-28,31-32H,8-11,20-22H2,1-7H3. The van der Waals surface area contributed by atoms with E-state index in [0.29, 0.717) is 0 Å². The molecule has 0 spiro atoms. The van der Waals surface area contributed by atoms with E-state index in [1.807, 2.05) is 0 Å². The summed E-state index contributed by atoms with van der Waals surface area (Å²) in [7, 11) is -2.31. The second-order valence-electron chi connectivity index (χ2n) is 13.5. The van der Waals surface area contributed by atoms with E-state index in [-0.39, 0.29) is 5.54 Å². The van der Waals surface area contributed by atoms with Crippen LogP contribution in [0.2, 0.25) is 5.54 Å². The Bertz CT molecular complexity index is 955. The van der Waals surface area contributed by atoms with Gasteiger partial charge in [0.05, 0.1) is 0 Å². The van der Waals surface area contributed by atoms with Gasteiger partial charge in [-0.2, -0.15) is 0 Å². The second-order valence-corrected chi connectivity index (χ2v) is 17.4. The van der Waals surface area contributed by atoms with Gasteiger partial charge in [0.25, 0.3) is 0 Å². The van der Waals surface area contributed by atoms with Crippen molar-refractivity contribution in [3.63, 3.8) is 0 Å².